The Morgan fingerprint density at radius 2 is 1.68 bits per heavy atom. The van der Waals surface area contributed by atoms with E-state index in [9.17, 15) is 8.42 Å². The number of sulfonamides is 1. The number of rotatable bonds is 8. The van der Waals surface area contributed by atoms with Gasteiger partial charge in [-0.15, -0.1) is 0 Å². The molecule has 0 radical (unpaired) electrons. The van der Waals surface area contributed by atoms with E-state index in [0.29, 0.717) is 11.7 Å². The highest BCUT2D eigenvalue weighted by atomic mass is 32.2. The van der Waals surface area contributed by atoms with E-state index in [0.717, 1.165) is 37.6 Å². The fraction of sp³-hybridized carbons (Fsp3) is 0.571. The van der Waals surface area contributed by atoms with Crippen molar-refractivity contribution in [2.45, 2.75) is 45.6 Å². The van der Waals surface area contributed by atoms with Gasteiger partial charge >= 0.3 is 0 Å². The molecule has 4 nitrogen and oxygen atoms in total. The molecule has 0 saturated carbocycles. The molecule has 0 aliphatic carbocycles. The summed E-state index contributed by atoms with van der Waals surface area (Å²) in [5.74, 6) is 0. The summed E-state index contributed by atoms with van der Waals surface area (Å²) in [6.45, 7) is 4.35. The van der Waals surface area contributed by atoms with Crippen molar-refractivity contribution in [2.75, 3.05) is 16.3 Å². The SMILES string of the molecule is CCCC(CCC)Nc1cccc(NS(C)(=O)=O)c1. The van der Waals surface area contributed by atoms with Gasteiger partial charge in [0.2, 0.25) is 10.0 Å². The molecule has 108 valence electrons. The lowest BCUT2D eigenvalue weighted by molar-refractivity contribution is 0.586. The largest absolute Gasteiger partial charge is 0.382 e. The molecule has 2 N–H and O–H groups in total. The molecular formula is C14H24N2O2S. The third-order valence-corrected chi connectivity index (χ3v) is 3.42. The molecule has 0 aliphatic heterocycles. The third kappa shape index (κ3) is 6.47. The van der Waals surface area contributed by atoms with Crippen molar-refractivity contribution in [2.24, 2.45) is 0 Å². The molecule has 1 rings (SSSR count). The van der Waals surface area contributed by atoms with Gasteiger partial charge in [0.15, 0.2) is 0 Å². The first-order valence-corrected chi connectivity index (χ1v) is 8.68. The van der Waals surface area contributed by atoms with Gasteiger partial charge in [0, 0.05) is 11.7 Å². The van der Waals surface area contributed by atoms with Crippen LogP contribution in [0.5, 0.6) is 0 Å². The highest BCUT2D eigenvalue weighted by molar-refractivity contribution is 7.92. The van der Waals surface area contributed by atoms with Crippen LogP contribution in [-0.4, -0.2) is 20.7 Å². The molecule has 0 fully saturated rings. The van der Waals surface area contributed by atoms with Crippen LogP contribution in [0.2, 0.25) is 0 Å². The van der Waals surface area contributed by atoms with Crippen molar-refractivity contribution in [1.29, 1.82) is 0 Å². The molecule has 0 atom stereocenters. The van der Waals surface area contributed by atoms with Gasteiger partial charge in [0.05, 0.1) is 11.9 Å². The number of anilines is 2. The minimum absolute atomic E-state index is 0.448. The second-order valence-corrected chi connectivity index (χ2v) is 6.62. The van der Waals surface area contributed by atoms with E-state index < -0.39 is 10.0 Å². The molecule has 0 heterocycles. The predicted octanol–water partition coefficient (Wildman–Crippen LogP) is 3.44. The lowest BCUT2D eigenvalue weighted by atomic mass is 10.1. The molecule has 1 aromatic rings. The van der Waals surface area contributed by atoms with Crippen LogP contribution in [0.4, 0.5) is 11.4 Å². The summed E-state index contributed by atoms with van der Waals surface area (Å²) in [6, 6.07) is 7.85. The Hall–Kier alpha value is -1.23. The smallest absolute Gasteiger partial charge is 0.229 e. The van der Waals surface area contributed by atoms with Gasteiger partial charge < -0.3 is 5.32 Å². The standard InChI is InChI=1S/C14H24N2O2S/c1-4-7-12(8-5-2)15-13-9-6-10-14(11-13)16-19(3,17)18/h6,9-12,15-16H,4-5,7-8H2,1-3H3. The first kappa shape index (κ1) is 15.8. The van der Waals surface area contributed by atoms with Crippen LogP contribution in [0.1, 0.15) is 39.5 Å². The van der Waals surface area contributed by atoms with E-state index in [-0.39, 0.29) is 0 Å². The summed E-state index contributed by atoms with van der Waals surface area (Å²) in [4.78, 5) is 0. The van der Waals surface area contributed by atoms with Crippen LogP contribution in [0.25, 0.3) is 0 Å². The lowest BCUT2D eigenvalue weighted by Gasteiger charge is -2.19. The monoisotopic (exact) mass is 284 g/mol. The average molecular weight is 284 g/mol. The number of benzene rings is 1. The number of nitrogens with one attached hydrogen (secondary N) is 2. The number of hydrogen-bond acceptors (Lipinski definition) is 3. The predicted molar refractivity (Wildman–Crippen MR) is 82.1 cm³/mol. The van der Waals surface area contributed by atoms with E-state index in [1.54, 1.807) is 6.07 Å². The molecule has 0 amide bonds. The molecule has 1 aromatic carbocycles. The maximum absolute atomic E-state index is 11.2. The Balaban J connectivity index is 2.75. The van der Waals surface area contributed by atoms with Crippen molar-refractivity contribution in [1.82, 2.24) is 0 Å². The van der Waals surface area contributed by atoms with Crippen molar-refractivity contribution in [3.8, 4) is 0 Å². The topological polar surface area (TPSA) is 58.2 Å². The quantitative estimate of drug-likeness (QED) is 0.769. The molecule has 0 aliphatic rings. The van der Waals surface area contributed by atoms with Gasteiger partial charge in [-0.25, -0.2) is 8.42 Å². The molecule has 0 bridgehead atoms. The van der Waals surface area contributed by atoms with Gasteiger partial charge in [-0.2, -0.15) is 0 Å². The van der Waals surface area contributed by atoms with Gasteiger partial charge in [-0.05, 0) is 31.0 Å². The molecule has 0 aromatic heterocycles. The van der Waals surface area contributed by atoms with Crippen LogP contribution in [-0.2, 0) is 10.0 Å². The maximum atomic E-state index is 11.2. The van der Waals surface area contributed by atoms with E-state index in [4.69, 9.17) is 0 Å². The molecule has 0 unspecified atom stereocenters. The summed E-state index contributed by atoms with van der Waals surface area (Å²) in [5, 5.41) is 3.47. The molecular weight excluding hydrogens is 260 g/mol. The minimum Gasteiger partial charge on any atom is -0.382 e. The fourth-order valence-corrected chi connectivity index (χ4v) is 2.66. The average Bonchev–Trinajstić information content (AvgIpc) is 2.27. The van der Waals surface area contributed by atoms with Gasteiger partial charge in [-0.3, -0.25) is 4.72 Å². The lowest BCUT2D eigenvalue weighted by Crippen LogP contribution is -2.19. The Bertz CT molecular complexity index is 480. The maximum Gasteiger partial charge on any atom is 0.229 e. The van der Waals surface area contributed by atoms with E-state index in [2.05, 4.69) is 23.9 Å². The highest BCUT2D eigenvalue weighted by Gasteiger charge is 2.07. The van der Waals surface area contributed by atoms with Crippen molar-refractivity contribution >= 4 is 21.4 Å². The summed E-state index contributed by atoms with van der Waals surface area (Å²) in [6.07, 6.45) is 5.68. The summed E-state index contributed by atoms with van der Waals surface area (Å²) < 4.78 is 24.9. The van der Waals surface area contributed by atoms with Crippen LogP contribution in [0.3, 0.4) is 0 Å². The molecule has 19 heavy (non-hydrogen) atoms. The molecule has 0 spiro atoms. The summed E-state index contributed by atoms with van der Waals surface area (Å²) in [7, 11) is -3.22. The zero-order valence-electron chi connectivity index (χ0n) is 11.9. The minimum atomic E-state index is -3.22. The third-order valence-electron chi connectivity index (χ3n) is 2.81. The highest BCUT2D eigenvalue weighted by Crippen LogP contribution is 2.19. The Morgan fingerprint density at radius 1 is 1.11 bits per heavy atom. The zero-order chi connectivity index (χ0) is 14.3. The van der Waals surface area contributed by atoms with E-state index in [1.165, 1.54) is 0 Å². The van der Waals surface area contributed by atoms with E-state index >= 15 is 0 Å². The first-order chi connectivity index (χ1) is 8.94. The molecule has 0 saturated heterocycles. The molecule has 5 heteroatoms. The van der Waals surface area contributed by atoms with Crippen LogP contribution in [0.15, 0.2) is 24.3 Å². The van der Waals surface area contributed by atoms with Gasteiger partial charge in [0.25, 0.3) is 0 Å². The van der Waals surface area contributed by atoms with Crippen LogP contribution >= 0.6 is 0 Å². The van der Waals surface area contributed by atoms with Crippen LogP contribution in [0, 0.1) is 0 Å². The fourth-order valence-electron chi connectivity index (χ4n) is 2.11. The Kier molecular flexibility index (Phi) is 6.15. The Morgan fingerprint density at radius 3 is 2.21 bits per heavy atom. The van der Waals surface area contributed by atoms with Gasteiger partial charge in [-0.1, -0.05) is 32.8 Å². The zero-order valence-corrected chi connectivity index (χ0v) is 12.8. The second kappa shape index (κ2) is 7.38. The normalized spacial score (nSPS) is 11.6. The van der Waals surface area contributed by atoms with E-state index in [1.807, 2.05) is 18.2 Å². The summed E-state index contributed by atoms with van der Waals surface area (Å²) >= 11 is 0. The van der Waals surface area contributed by atoms with Gasteiger partial charge in [0.1, 0.15) is 0 Å². The Labute approximate surface area is 116 Å². The number of hydrogen-bond donors (Lipinski definition) is 2. The second-order valence-electron chi connectivity index (χ2n) is 4.87. The first-order valence-electron chi connectivity index (χ1n) is 6.79. The van der Waals surface area contributed by atoms with Crippen molar-refractivity contribution in [3.05, 3.63) is 24.3 Å². The van der Waals surface area contributed by atoms with Crippen LogP contribution < -0.4 is 10.0 Å². The summed E-state index contributed by atoms with van der Waals surface area (Å²) in [5.41, 5.74) is 1.56. The van der Waals surface area contributed by atoms with Crippen molar-refractivity contribution in [3.63, 3.8) is 0 Å². The van der Waals surface area contributed by atoms with Crippen molar-refractivity contribution < 1.29 is 8.42 Å².